The van der Waals surface area contributed by atoms with Crippen molar-refractivity contribution in [1.82, 2.24) is 10.3 Å². The van der Waals surface area contributed by atoms with Crippen molar-refractivity contribution in [3.63, 3.8) is 0 Å². The Morgan fingerprint density at radius 1 is 0.944 bits per heavy atom. The van der Waals surface area contributed by atoms with Crippen molar-refractivity contribution < 1.29 is 0 Å². The summed E-state index contributed by atoms with van der Waals surface area (Å²) in [6.45, 7) is 5.42. The molecular weight excluding hydrogens is 220 g/mol. The lowest BCUT2D eigenvalue weighted by Gasteiger charge is -2.18. The second-order valence-corrected chi connectivity index (χ2v) is 4.72. The fraction of sp³-hybridized carbons (Fsp3) is 0.312. The summed E-state index contributed by atoms with van der Waals surface area (Å²) in [5, 5.41) is 3.57. The molecule has 0 saturated carbocycles. The van der Waals surface area contributed by atoms with Gasteiger partial charge in [-0.1, -0.05) is 37.3 Å². The van der Waals surface area contributed by atoms with Gasteiger partial charge in [-0.2, -0.15) is 0 Å². The molecule has 1 aromatic heterocycles. The molecule has 1 N–H and O–H groups in total. The van der Waals surface area contributed by atoms with Crippen LogP contribution < -0.4 is 5.32 Å². The average molecular weight is 240 g/mol. The first-order valence-corrected chi connectivity index (χ1v) is 6.45. The molecule has 94 valence electrons. The molecular formula is C16H20N2. The average Bonchev–Trinajstić information content (AvgIpc) is 2.46. The van der Waals surface area contributed by atoms with Crippen LogP contribution in [-0.2, 0) is 0 Å². The number of pyridine rings is 1. The maximum absolute atomic E-state index is 4.04. The zero-order chi connectivity index (χ0) is 12.8. The molecule has 0 fully saturated rings. The maximum Gasteiger partial charge on any atom is 0.0293 e. The fourth-order valence-electron chi connectivity index (χ4n) is 2.02. The smallest absolute Gasteiger partial charge is 0.0293 e. The first kappa shape index (κ1) is 12.8. The molecule has 0 radical (unpaired) electrons. The van der Waals surface area contributed by atoms with E-state index in [1.165, 1.54) is 11.1 Å². The molecule has 2 rings (SSSR count). The van der Waals surface area contributed by atoms with Gasteiger partial charge in [0.2, 0.25) is 0 Å². The van der Waals surface area contributed by atoms with Crippen LogP contribution in [0.25, 0.3) is 0 Å². The van der Waals surface area contributed by atoms with Crippen LogP contribution >= 0.6 is 0 Å². The molecule has 2 atom stereocenters. The summed E-state index contributed by atoms with van der Waals surface area (Å²) >= 11 is 0. The van der Waals surface area contributed by atoms with Gasteiger partial charge in [0.15, 0.2) is 0 Å². The first-order chi connectivity index (χ1) is 8.77. The number of benzene rings is 1. The standard InChI is InChI=1S/C16H20N2/c1-13(15-6-4-3-5-7-15)12-18-14(2)16-8-10-17-11-9-16/h3-11,13-14,18H,12H2,1-2H3/t13?,14-/m0/s1. The van der Waals surface area contributed by atoms with Gasteiger partial charge in [-0.15, -0.1) is 0 Å². The number of hydrogen-bond donors (Lipinski definition) is 1. The first-order valence-electron chi connectivity index (χ1n) is 6.45. The van der Waals surface area contributed by atoms with Crippen LogP contribution in [0.5, 0.6) is 0 Å². The Morgan fingerprint density at radius 3 is 2.28 bits per heavy atom. The summed E-state index contributed by atoms with van der Waals surface area (Å²) in [5.74, 6) is 0.524. The summed E-state index contributed by atoms with van der Waals surface area (Å²) < 4.78 is 0. The third-order valence-electron chi connectivity index (χ3n) is 3.30. The summed E-state index contributed by atoms with van der Waals surface area (Å²) in [4.78, 5) is 4.04. The second-order valence-electron chi connectivity index (χ2n) is 4.72. The van der Waals surface area contributed by atoms with Crippen LogP contribution in [0.15, 0.2) is 54.9 Å². The molecule has 1 heterocycles. The van der Waals surface area contributed by atoms with Crippen molar-refractivity contribution in [3.8, 4) is 0 Å². The van der Waals surface area contributed by atoms with E-state index < -0.39 is 0 Å². The van der Waals surface area contributed by atoms with Crippen molar-refractivity contribution >= 4 is 0 Å². The van der Waals surface area contributed by atoms with E-state index in [-0.39, 0.29) is 0 Å². The van der Waals surface area contributed by atoms with Crippen molar-refractivity contribution in [2.45, 2.75) is 25.8 Å². The molecule has 2 nitrogen and oxygen atoms in total. The largest absolute Gasteiger partial charge is 0.310 e. The van der Waals surface area contributed by atoms with Gasteiger partial charge >= 0.3 is 0 Å². The lowest BCUT2D eigenvalue weighted by atomic mass is 10.0. The van der Waals surface area contributed by atoms with Crippen LogP contribution in [0.4, 0.5) is 0 Å². The molecule has 0 aliphatic rings. The lowest BCUT2D eigenvalue weighted by molar-refractivity contribution is 0.537. The van der Waals surface area contributed by atoms with E-state index in [1.54, 1.807) is 0 Å². The normalized spacial score (nSPS) is 14.1. The van der Waals surface area contributed by atoms with Gasteiger partial charge in [0.25, 0.3) is 0 Å². The third kappa shape index (κ3) is 3.41. The minimum Gasteiger partial charge on any atom is -0.310 e. The van der Waals surface area contributed by atoms with Gasteiger partial charge < -0.3 is 5.32 Å². The molecule has 0 amide bonds. The lowest BCUT2D eigenvalue weighted by Crippen LogP contribution is -2.23. The van der Waals surface area contributed by atoms with Gasteiger partial charge in [-0.05, 0) is 36.1 Å². The molecule has 0 spiro atoms. The van der Waals surface area contributed by atoms with E-state index >= 15 is 0 Å². The Kier molecular flexibility index (Phi) is 4.48. The zero-order valence-corrected chi connectivity index (χ0v) is 11.0. The van der Waals surface area contributed by atoms with Crippen molar-refractivity contribution in [1.29, 1.82) is 0 Å². The fourth-order valence-corrected chi connectivity index (χ4v) is 2.02. The second kappa shape index (κ2) is 6.31. The van der Waals surface area contributed by atoms with Crippen molar-refractivity contribution in [2.75, 3.05) is 6.54 Å². The van der Waals surface area contributed by atoms with Crippen LogP contribution in [0.3, 0.4) is 0 Å². The number of hydrogen-bond acceptors (Lipinski definition) is 2. The number of rotatable bonds is 5. The molecule has 0 aliphatic carbocycles. The highest BCUT2D eigenvalue weighted by atomic mass is 14.9. The highest BCUT2D eigenvalue weighted by Crippen LogP contribution is 2.16. The number of nitrogens with one attached hydrogen (secondary N) is 1. The predicted octanol–water partition coefficient (Wildman–Crippen LogP) is 3.54. The van der Waals surface area contributed by atoms with E-state index in [1.807, 2.05) is 12.4 Å². The van der Waals surface area contributed by atoms with Gasteiger partial charge in [0.05, 0.1) is 0 Å². The van der Waals surface area contributed by atoms with Gasteiger partial charge in [0.1, 0.15) is 0 Å². The zero-order valence-electron chi connectivity index (χ0n) is 11.0. The summed E-state index contributed by atoms with van der Waals surface area (Å²) in [5.41, 5.74) is 2.66. The van der Waals surface area contributed by atoms with Gasteiger partial charge in [0, 0.05) is 25.0 Å². The molecule has 2 heteroatoms. The summed E-state index contributed by atoms with van der Waals surface area (Å²) in [6, 6.07) is 15.1. The van der Waals surface area contributed by atoms with E-state index in [0.29, 0.717) is 12.0 Å². The molecule has 0 aliphatic heterocycles. The molecule has 2 aromatic rings. The highest BCUT2D eigenvalue weighted by molar-refractivity contribution is 5.19. The van der Waals surface area contributed by atoms with Crippen LogP contribution in [-0.4, -0.2) is 11.5 Å². The molecule has 0 saturated heterocycles. The Labute approximate surface area is 109 Å². The van der Waals surface area contributed by atoms with Crippen LogP contribution in [0.1, 0.15) is 36.9 Å². The third-order valence-corrected chi connectivity index (χ3v) is 3.30. The molecule has 0 bridgehead atoms. The number of nitrogens with zero attached hydrogens (tertiary/aromatic N) is 1. The quantitative estimate of drug-likeness (QED) is 0.864. The van der Waals surface area contributed by atoms with Crippen LogP contribution in [0, 0.1) is 0 Å². The van der Waals surface area contributed by atoms with E-state index in [9.17, 15) is 0 Å². The maximum atomic E-state index is 4.04. The topological polar surface area (TPSA) is 24.9 Å². The highest BCUT2D eigenvalue weighted by Gasteiger charge is 2.08. The number of aromatic nitrogens is 1. The van der Waals surface area contributed by atoms with E-state index in [2.05, 4.69) is 66.6 Å². The van der Waals surface area contributed by atoms with Crippen LogP contribution in [0.2, 0.25) is 0 Å². The Balaban J connectivity index is 1.89. The molecule has 18 heavy (non-hydrogen) atoms. The monoisotopic (exact) mass is 240 g/mol. The van der Waals surface area contributed by atoms with E-state index in [0.717, 1.165) is 6.54 Å². The summed E-state index contributed by atoms with van der Waals surface area (Å²) in [6.07, 6.45) is 3.68. The van der Waals surface area contributed by atoms with E-state index in [4.69, 9.17) is 0 Å². The Hall–Kier alpha value is -1.67. The van der Waals surface area contributed by atoms with Gasteiger partial charge in [-0.25, -0.2) is 0 Å². The Bertz CT molecular complexity index is 408. The minimum atomic E-state index is 0.360. The van der Waals surface area contributed by atoms with Gasteiger partial charge in [-0.3, -0.25) is 4.98 Å². The molecule has 1 aromatic carbocycles. The van der Waals surface area contributed by atoms with Crippen molar-refractivity contribution in [3.05, 3.63) is 66.0 Å². The Morgan fingerprint density at radius 2 is 1.61 bits per heavy atom. The summed E-state index contributed by atoms with van der Waals surface area (Å²) in [7, 11) is 0. The van der Waals surface area contributed by atoms with Crippen molar-refractivity contribution in [2.24, 2.45) is 0 Å². The minimum absolute atomic E-state index is 0.360. The SMILES string of the molecule is CC(CN[C@@H](C)c1ccncc1)c1ccccc1. The predicted molar refractivity (Wildman–Crippen MR) is 75.5 cm³/mol. The molecule has 1 unspecified atom stereocenters.